The zero-order chi connectivity index (χ0) is 9.14. The summed E-state index contributed by atoms with van der Waals surface area (Å²) < 4.78 is 0. The normalized spacial score (nSPS) is 13.0. The van der Waals surface area contributed by atoms with Gasteiger partial charge in [-0.2, -0.15) is 0 Å². The van der Waals surface area contributed by atoms with E-state index in [1.165, 1.54) is 0 Å². The zero-order valence-corrected chi connectivity index (χ0v) is 7.83. The highest BCUT2D eigenvalue weighted by Gasteiger charge is 2.04. The largest absolute Gasteiger partial charge is 0.323 e. The fourth-order valence-electron chi connectivity index (χ4n) is 1.09. The number of aromatic nitrogens is 2. The molecule has 1 heterocycles. The molecule has 0 aliphatic carbocycles. The van der Waals surface area contributed by atoms with Crippen LogP contribution >= 0.6 is 0 Å². The quantitative estimate of drug-likeness (QED) is 0.720. The molecule has 66 valence electrons. The second-order valence-corrected chi connectivity index (χ2v) is 2.97. The molecule has 0 amide bonds. The lowest BCUT2D eigenvalue weighted by molar-refractivity contribution is 0.756. The molecule has 0 aliphatic rings. The van der Waals surface area contributed by atoms with Gasteiger partial charge >= 0.3 is 0 Å². The van der Waals surface area contributed by atoms with E-state index in [4.69, 9.17) is 5.73 Å². The van der Waals surface area contributed by atoms with Crippen molar-refractivity contribution in [1.82, 2.24) is 9.97 Å². The fourth-order valence-corrected chi connectivity index (χ4v) is 1.09. The predicted molar refractivity (Wildman–Crippen MR) is 48.7 cm³/mol. The summed E-state index contributed by atoms with van der Waals surface area (Å²) in [7, 11) is 0. The van der Waals surface area contributed by atoms with Crippen LogP contribution in [0.2, 0.25) is 0 Å². The van der Waals surface area contributed by atoms with Gasteiger partial charge in [0.05, 0.1) is 23.3 Å². The molecule has 0 bridgehead atoms. The van der Waals surface area contributed by atoms with Crippen molar-refractivity contribution in [2.45, 2.75) is 33.2 Å². The van der Waals surface area contributed by atoms with Gasteiger partial charge in [-0.15, -0.1) is 0 Å². The van der Waals surface area contributed by atoms with Gasteiger partial charge in [-0.3, -0.25) is 9.97 Å². The Bertz CT molecular complexity index is 268. The van der Waals surface area contributed by atoms with Gasteiger partial charge in [0.1, 0.15) is 0 Å². The smallest absolute Gasteiger partial charge is 0.0754 e. The lowest BCUT2D eigenvalue weighted by atomic mass is 10.2. The standard InChI is InChI=1S/C9H15N3/c1-4-8-7(3)12-9(5-11-8)6(2)10/h5-6H,4,10H2,1-3H3/t6-/m0/s1. The van der Waals surface area contributed by atoms with Crippen LogP contribution in [0, 0.1) is 6.92 Å². The molecule has 0 fully saturated rings. The van der Waals surface area contributed by atoms with Gasteiger partial charge < -0.3 is 5.73 Å². The first kappa shape index (κ1) is 9.13. The summed E-state index contributed by atoms with van der Waals surface area (Å²) in [6, 6.07) is -0.0258. The van der Waals surface area contributed by atoms with E-state index in [-0.39, 0.29) is 6.04 Å². The monoisotopic (exact) mass is 165 g/mol. The van der Waals surface area contributed by atoms with Crippen LogP contribution in [0.5, 0.6) is 0 Å². The minimum Gasteiger partial charge on any atom is -0.323 e. The molecule has 0 aliphatic heterocycles. The molecule has 0 saturated heterocycles. The molecule has 3 nitrogen and oxygen atoms in total. The first-order valence-corrected chi connectivity index (χ1v) is 4.23. The maximum Gasteiger partial charge on any atom is 0.0754 e. The Labute approximate surface area is 73.0 Å². The molecule has 0 radical (unpaired) electrons. The Morgan fingerprint density at radius 1 is 1.58 bits per heavy atom. The Morgan fingerprint density at radius 3 is 2.67 bits per heavy atom. The van der Waals surface area contributed by atoms with E-state index in [1.54, 1.807) is 6.20 Å². The first-order chi connectivity index (χ1) is 5.65. The Kier molecular flexibility index (Phi) is 2.76. The lowest BCUT2D eigenvalue weighted by Gasteiger charge is -2.06. The van der Waals surface area contributed by atoms with E-state index in [0.29, 0.717) is 0 Å². The third kappa shape index (κ3) is 1.80. The van der Waals surface area contributed by atoms with E-state index in [2.05, 4.69) is 16.9 Å². The van der Waals surface area contributed by atoms with Gasteiger partial charge in [-0.1, -0.05) is 6.92 Å². The molecule has 2 N–H and O–H groups in total. The Hall–Kier alpha value is -0.960. The molecular formula is C9H15N3. The maximum absolute atomic E-state index is 5.67. The predicted octanol–water partition coefficient (Wildman–Crippen LogP) is 1.37. The van der Waals surface area contributed by atoms with Crippen molar-refractivity contribution in [3.8, 4) is 0 Å². The van der Waals surface area contributed by atoms with Crippen LogP contribution in [0.1, 0.15) is 37.0 Å². The highest BCUT2D eigenvalue weighted by molar-refractivity contribution is 5.13. The van der Waals surface area contributed by atoms with Crippen LogP contribution in [0.3, 0.4) is 0 Å². The Morgan fingerprint density at radius 2 is 2.25 bits per heavy atom. The molecule has 1 aromatic rings. The zero-order valence-electron chi connectivity index (χ0n) is 7.83. The van der Waals surface area contributed by atoms with Crippen molar-refractivity contribution >= 4 is 0 Å². The Balaban J connectivity index is 3.02. The summed E-state index contributed by atoms with van der Waals surface area (Å²) in [5.41, 5.74) is 8.58. The topological polar surface area (TPSA) is 51.8 Å². The van der Waals surface area contributed by atoms with Crippen LogP contribution in [0.4, 0.5) is 0 Å². The second kappa shape index (κ2) is 3.63. The van der Waals surface area contributed by atoms with Crippen molar-refractivity contribution < 1.29 is 0 Å². The fraction of sp³-hybridized carbons (Fsp3) is 0.556. The van der Waals surface area contributed by atoms with Crippen LogP contribution in [-0.4, -0.2) is 9.97 Å². The molecule has 3 heteroatoms. The van der Waals surface area contributed by atoms with Gasteiger partial charge in [-0.25, -0.2) is 0 Å². The summed E-state index contributed by atoms with van der Waals surface area (Å²) >= 11 is 0. The van der Waals surface area contributed by atoms with Crippen LogP contribution in [-0.2, 0) is 6.42 Å². The van der Waals surface area contributed by atoms with E-state index in [9.17, 15) is 0 Å². The number of hydrogen-bond donors (Lipinski definition) is 1. The number of nitrogens with zero attached hydrogens (tertiary/aromatic N) is 2. The average Bonchev–Trinajstić information content (AvgIpc) is 2.04. The number of nitrogens with two attached hydrogens (primary N) is 1. The minimum atomic E-state index is -0.0258. The summed E-state index contributed by atoms with van der Waals surface area (Å²) in [5, 5.41) is 0. The van der Waals surface area contributed by atoms with Crippen molar-refractivity contribution in [1.29, 1.82) is 0 Å². The minimum absolute atomic E-state index is 0.0258. The molecule has 1 atom stereocenters. The molecule has 0 aromatic carbocycles. The van der Waals surface area contributed by atoms with Gasteiger partial charge in [0.15, 0.2) is 0 Å². The van der Waals surface area contributed by atoms with Gasteiger partial charge in [-0.05, 0) is 20.3 Å². The molecule has 12 heavy (non-hydrogen) atoms. The maximum atomic E-state index is 5.67. The van der Waals surface area contributed by atoms with Crippen molar-refractivity contribution in [3.63, 3.8) is 0 Å². The first-order valence-electron chi connectivity index (χ1n) is 4.23. The molecular weight excluding hydrogens is 150 g/mol. The van der Waals surface area contributed by atoms with Crippen molar-refractivity contribution in [2.75, 3.05) is 0 Å². The van der Waals surface area contributed by atoms with Crippen LogP contribution in [0.15, 0.2) is 6.20 Å². The molecule has 1 aromatic heterocycles. The van der Waals surface area contributed by atoms with E-state index in [1.807, 2.05) is 13.8 Å². The highest BCUT2D eigenvalue weighted by atomic mass is 14.8. The summed E-state index contributed by atoms with van der Waals surface area (Å²) in [4.78, 5) is 8.63. The summed E-state index contributed by atoms with van der Waals surface area (Å²) in [6.45, 7) is 5.95. The van der Waals surface area contributed by atoms with Crippen LogP contribution < -0.4 is 5.73 Å². The van der Waals surface area contributed by atoms with Gasteiger partial charge in [0.2, 0.25) is 0 Å². The molecule has 0 spiro atoms. The molecule has 0 unspecified atom stereocenters. The van der Waals surface area contributed by atoms with Gasteiger partial charge in [0, 0.05) is 6.04 Å². The number of aryl methyl sites for hydroxylation is 2. The lowest BCUT2D eigenvalue weighted by Crippen LogP contribution is -2.10. The molecule has 1 rings (SSSR count). The number of rotatable bonds is 2. The van der Waals surface area contributed by atoms with E-state index >= 15 is 0 Å². The molecule has 0 saturated carbocycles. The van der Waals surface area contributed by atoms with E-state index < -0.39 is 0 Å². The average molecular weight is 165 g/mol. The van der Waals surface area contributed by atoms with Gasteiger partial charge in [0.25, 0.3) is 0 Å². The van der Waals surface area contributed by atoms with Crippen LogP contribution in [0.25, 0.3) is 0 Å². The summed E-state index contributed by atoms with van der Waals surface area (Å²) in [5.74, 6) is 0. The van der Waals surface area contributed by atoms with E-state index in [0.717, 1.165) is 23.5 Å². The van der Waals surface area contributed by atoms with Crippen molar-refractivity contribution in [3.05, 3.63) is 23.3 Å². The summed E-state index contributed by atoms with van der Waals surface area (Å²) in [6.07, 6.45) is 2.69. The third-order valence-corrected chi connectivity index (χ3v) is 1.87. The third-order valence-electron chi connectivity index (χ3n) is 1.87. The second-order valence-electron chi connectivity index (χ2n) is 2.97. The SMILES string of the molecule is CCc1ncc([C@H](C)N)nc1C. The number of hydrogen-bond acceptors (Lipinski definition) is 3. The van der Waals surface area contributed by atoms with Crippen molar-refractivity contribution in [2.24, 2.45) is 5.73 Å². The highest BCUT2D eigenvalue weighted by Crippen LogP contribution is 2.08.